The minimum Gasteiger partial charge on any atom is -0.506 e. The summed E-state index contributed by atoms with van der Waals surface area (Å²) in [6.45, 7) is 3.54. The molecule has 112 valence electrons. The number of phenols is 2. The van der Waals surface area contributed by atoms with E-state index in [2.05, 4.69) is 0 Å². The molecule has 0 saturated carbocycles. The van der Waals surface area contributed by atoms with Crippen LogP contribution in [0.5, 0.6) is 11.5 Å². The Morgan fingerprint density at radius 2 is 1.05 bits per heavy atom. The maximum atomic E-state index is 10.1. The number of hydrogen-bond donors (Lipinski definition) is 2. The Labute approximate surface area is 142 Å². The number of hydrogen-bond acceptors (Lipinski definition) is 2. The molecule has 21 heavy (non-hydrogen) atoms. The van der Waals surface area contributed by atoms with E-state index in [-0.39, 0.29) is 28.0 Å². The predicted molar refractivity (Wildman–Crippen MR) is 88.5 cm³/mol. The van der Waals surface area contributed by atoms with E-state index in [1.807, 2.05) is 0 Å². The molecular weight excluding hydrogens is 354 g/mol. The quantitative estimate of drug-likeness (QED) is 0.693. The van der Waals surface area contributed by atoms with Crippen LogP contribution in [-0.2, 0) is 6.42 Å². The molecular formula is C15H12Cl4O2. The molecule has 0 aromatic heterocycles. The molecule has 2 nitrogen and oxygen atoms in total. The second-order valence-corrected chi connectivity index (χ2v) is 6.39. The van der Waals surface area contributed by atoms with Gasteiger partial charge in [0, 0.05) is 27.6 Å². The zero-order valence-electron chi connectivity index (χ0n) is 11.3. The lowest BCUT2D eigenvalue weighted by atomic mass is 9.95. The Morgan fingerprint density at radius 3 is 1.38 bits per heavy atom. The minimum atomic E-state index is -0.0616. The van der Waals surface area contributed by atoms with Crippen molar-refractivity contribution in [1.82, 2.24) is 0 Å². The summed E-state index contributed by atoms with van der Waals surface area (Å²) in [7, 11) is 0. The molecule has 0 aliphatic rings. The Bertz CT molecular complexity index is 613. The predicted octanol–water partition coefficient (Wildman–Crippen LogP) is 5.92. The first-order valence-electron chi connectivity index (χ1n) is 6.06. The van der Waals surface area contributed by atoms with Crippen LogP contribution in [0.15, 0.2) is 12.1 Å². The van der Waals surface area contributed by atoms with Crippen molar-refractivity contribution in [1.29, 1.82) is 0 Å². The van der Waals surface area contributed by atoms with E-state index in [0.29, 0.717) is 32.3 Å². The largest absolute Gasteiger partial charge is 0.506 e. The van der Waals surface area contributed by atoms with Gasteiger partial charge in [-0.05, 0) is 37.1 Å². The summed E-state index contributed by atoms with van der Waals surface area (Å²) in [6.07, 6.45) is 0.218. The van der Waals surface area contributed by atoms with Gasteiger partial charge in [0.15, 0.2) is 0 Å². The minimum absolute atomic E-state index is 0.0616. The fraction of sp³-hybridized carbons (Fsp3) is 0.200. The van der Waals surface area contributed by atoms with Gasteiger partial charge in [-0.3, -0.25) is 0 Å². The van der Waals surface area contributed by atoms with E-state index < -0.39 is 0 Å². The van der Waals surface area contributed by atoms with Gasteiger partial charge in [0.2, 0.25) is 0 Å². The van der Waals surface area contributed by atoms with Crippen molar-refractivity contribution in [2.75, 3.05) is 0 Å². The lowest BCUT2D eigenvalue weighted by Crippen LogP contribution is -1.98. The highest BCUT2D eigenvalue weighted by atomic mass is 35.5. The first kappa shape index (κ1) is 16.6. The molecule has 0 atom stereocenters. The average Bonchev–Trinajstić information content (AvgIpc) is 2.42. The van der Waals surface area contributed by atoms with Crippen molar-refractivity contribution in [3.8, 4) is 11.5 Å². The van der Waals surface area contributed by atoms with Crippen LogP contribution in [0.3, 0.4) is 0 Å². The van der Waals surface area contributed by atoms with Gasteiger partial charge in [-0.1, -0.05) is 46.4 Å². The summed E-state index contributed by atoms with van der Waals surface area (Å²) in [6, 6.07) is 2.96. The molecule has 0 aliphatic heterocycles. The van der Waals surface area contributed by atoms with E-state index >= 15 is 0 Å². The number of phenolic OH excluding ortho intramolecular Hbond substituents is 2. The van der Waals surface area contributed by atoms with Gasteiger partial charge in [0.1, 0.15) is 11.5 Å². The first-order valence-corrected chi connectivity index (χ1v) is 7.58. The third-order valence-electron chi connectivity index (χ3n) is 3.51. The normalized spacial score (nSPS) is 11.0. The van der Waals surface area contributed by atoms with Crippen molar-refractivity contribution in [3.05, 3.63) is 54.5 Å². The smallest absolute Gasteiger partial charge is 0.138 e. The molecule has 2 aromatic carbocycles. The van der Waals surface area contributed by atoms with Gasteiger partial charge in [-0.25, -0.2) is 0 Å². The zero-order chi connectivity index (χ0) is 15.9. The Kier molecular flexibility index (Phi) is 4.84. The lowest BCUT2D eigenvalue weighted by molar-refractivity contribution is 0.462. The van der Waals surface area contributed by atoms with Gasteiger partial charge in [0.25, 0.3) is 0 Å². The van der Waals surface area contributed by atoms with Crippen LogP contribution < -0.4 is 0 Å². The molecule has 0 radical (unpaired) electrons. The standard InChI is InChI=1S/C15H12Cl4O2/c1-6-8(14(20)12(18)4-10(6)16)3-9-7(2)11(17)5-13(19)15(9)21/h4-5,20-21H,3H2,1-2H3. The van der Waals surface area contributed by atoms with Crippen molar-refractivity contribution in [3.63, 3.8) is 0 Å². The topological polar surface area (TPSA) is 40.5 Å². The Hall–Kier alpha value is -0.800. The molecule has 0 heterocycles. The summed E-state index contributed by atoms with van der Waals surface area (Å²) in [4.78, 5) is 0. The first-order chi connectivity index (χ1) is 9.73. The highest BCUT2D eigenvalue weighted by molar-refractivity contribution is 6.36. The van der Waals surface area contributed by atoms with Gasteiger partial charge in [0.05, 0.1) is 10.0 Å². The van der Waals surface area contributed by atoms with Crippen molar-refractivity contribution in [2.45, 2.75) is 20.3 Å². The Balaban J connectivity index is 2.64. The highest BCUT2D eigenvalue weighted by Crippen LogP contribution is 2.41. The van der Waals surface area contributed by atoms with E-state index in [1.165, 1.54) is 12.1 Å². The van der Waals surface area contributed by atoms with Crippen LogP contribution in [-0.4, -0.2) is 10.2 Å². The summed E-state index contributed by atoms with van der Waals surface area (Å²) in [5, 5.41) is 21.5. The van der Waals surface area contributed by atoms with E-state index in [1.54, 1.807) is 13.8 Å². The van der Waals surface area contributed by atoms with Crippen molar-refractivity contribution >= 4 is 46.4 Å². The Morgan fingerprint density at radius 1 is 0.714 bits per heavy atom. The van der Waals surface area contributed by atoms with Crippen LogP contribution >= 0.6 is 46.4 Å². The fourth-order valence-electron chi connectivity index (χ4n) is 2.12. The molecule has 0 saturated heterocycles. The monoisotopic (exact) mass is 364 g/mol. The number of aromatic hydroxyl groups is 2. The number of benzene rings is 2. The molecule has 0 aliphatic carbocycles. The van der Waals surface area contributed by atoms with E-state index in [0.717, 1.165) is 0 Å². The molecule has 0 unspecified atom stereocenters. The molecule has 6 heteroatoms. The second kappa shape index (κ2) is 6.13. The van der Waals surface area contributed by atoms with Crippen LogP contribution in [0, 0.1) is 13.8 Å². The van der Waals surface area contributed by atoms with Crippen LogP contribution in [0.1, 0.15) is 22.3 Å². The molecule has 0 spiro atoms. The molecule has 2 rings (SSSR count). The molecule has 2 aromatic rings. The summed E-state index contributed by atoms with van der Waals surface area (Å²) >= 11 is 24.1. The van der Waals surface area contributed by atoms with Crippen molar-refractivity contribution in [2.24, 2.45) is 0 Å². The maximum absolute atomic E-state index is 10.1. The van der Waals surface area contributed by atoms with Crippen LogP contribution in [0.4, 0.5) is 0 Å². The zero-order valence-corrected chi connectivity index (χ0v) is 14.3. The average molecular weight is 366 g/mol. The van der Waals surface area contributed by atoms with E-state index in [4.69, 9.17) is 46.4 Å². The third-order valence-corrected chi connectivity index (χ3v) is 4.87. The maximum Gasteiger partial charge on any atom is 0.138 e. The van der Waals surface area contributed by atoms with Crippen molar-refractivity contribution < 1.29 is 10.2 Å². The molecule has 2 N–H and O–H groups in total. The lowest BCUT2D eigenvalue weighted by Gasteiger charge is -2.16. The highest BCUT2D eigenvalue weighted by Gasteiger charge is 2.19. The van der Waals surface area contributed by atoms with Gasteiger partial charge in [-0.2, -0.15) is 0 Å². The van der Waals surface area contributed by atoms with E-state index in [9.17, 15) is 10.2 Å². The van der Waals surface area contributed by atoms with Gasteiger partial charge >= 0.3 is 0 Å². The second-order valence-electron chi connectivity index (χ2n) is 4.76. The fourth-order valence-corrected chi connectivity index (χ4v) is 3.12. The van der Waals surface area contributed by atoms with Gasteiger partial charge < -0.3 is 10.2 Å². The molecule has 0 fully saturated rings. The summed E-state index contributed by atoms with van der Waals surface area (Å²) in [5.74, 6) is -0.123. The SMILES string of the molecule is Cc1c(Cl)cc(Cl)c(O)c1Cc1c(C)c(Cl)cc(Cl)c1O. The summed E-state index contributed by atoms with van der Waals surface area (Å²) < 4.78 is 0. The van der Waals surface area contributed by atoms with Crippen LogP contribution in [0.25, 0.3) is 0 Å². The summed E-state index contributed by atoms with van der Waals surface area (Å²) in [5.41, 5.74) is 2.44. The molecule has 0 amide bonds. The third kappa shape index (κ3) is 3.04. The number of rotatable bonds is 2. The number of halogens is 4. The van der Waals surface area contributed by atoms with Crippen LogP contribution in [0.2, 0.25) is 20.1 Å². The van der Waals surface area contributed by atoms with Gasteiger partial charge in [-0.15, -0.1) is 0 Å². The molecule has 0 bridgehead atoms.